The van der Waals surface area contributed by atoms with Crippen LogP contribution >= 0.6 is 0 Å². The van der Waals surface area contributed by atoms with E-state index in [1.807, 2.05) is 41.0 Å². The van der Waals surface area contributed by atoms with Gasteiger partial charge in [0, 0.05) is 62.0 Å². The van der Waals surface area contributed by atoms with Gasteiger partial charge in [-0.2, -0.15) is 0 Å². The number of amides is 4. The van der Waals surface area contributed by atoms with Crippen LogP contribution in [-0.4, -0.2) is 46.4 Å². The Morgan fingerprint density at radius 1 is 0.868 bits per heavy atom. The Bertz CT molecular complexity index is 1390. The van der Waals surface area contributed by atoms with E-state index in [-0.39, 0.29) is 35.2 Å². The fraction of sp³-hybridized carbons (Fsp3) is 0.310. The van der Waals surface area contributed by atoms with E-state index in [0.29, 0.717) is 37.4 Å². The second kappa shape index (κ2) is 10.9. The molecule has 2 aliphatic heterocycles. The Morgan fingerprint density at radius 3 is 2.29 bits per heavy atom. The number of pyridine rings is 1. The van der Waals surface area contributed by atoms with Crippen LogP contribution in [0.2, 0.25) is 0 Å². The molecule has 2 bridgehead atoms. The second-order valence-corrected chi connectivity index (χ2v) is 10.0. The van der Waals surface area contributed by atoms with Crippen LogP contribution in [0.25, 0.3) is 0 Å². The summed E-state index contributed by atoms with van der Waals surface area (Å²) in [7, 11) is 0. The maximum absolute atomic E-state index is 13.4. The molecule has 3 unspecified atom stereocenters. The third kappa shape index (κ3) is 5.77. The minimum absolute atomic E-state index is 0.000180. The normalized spacial score (nSPS) is 18.6. The Labute approximate surface area is 220 Å². The van der Waals surface area contributed by atoms with E-state index in [1.165, 1.54) is 6.92 Å². The highest BCUT2D eigenvalue weighted by Crippen LogP contribution is 2.35. The van der Waals surface area contributed by atoms with Gasteiger partial charge in [0.15, 0.2) is 0 Å². The summed E-state index contributed by atoms with van der Waals surface area (Å²) < 4.78 is 1.83. The number of urea groups is 1. The fourth-order valence-corrected chi connectivity index (χ4v) is 5.43. The number of piperidine rings is 1. The molecule has 4 amide bonds. The number of rotatable bonds is 6. The average Bonchev–Trinajstić information content (AvgIpc) is 2.90. The molecule has 3 heterocycles. The van der Waals surface area contributed by atoms with Gasteiger partial charge in [0.05, 0.1) is 0 Å². The number of anilines is 2. The first-order valence-corrected chi connectivity index (χ1v) is 12.8. The van der Waals surface area contributed by atoms with Crippen molar-refractivity contribution < 1.29 is 14.4 Å². The standard InChI is InChI=1S/C29H31N5O4/c1-19(35)30-23-10-12-24(13-11-23)31-28(37)25(15-20-6-3-2-4-7-20)32-29(38)33-16-21-14-22(18-33)26-8-5-9-27(36)34(26)17-21/h2-13,21-22,25H,14-18H2,1H3,(H,30,35)(H,31,37)(H,32,38). The van der Waals surface area contributed by atoms with E-state index in [9.17, 15) is 19.2 Å². The molecule has 196 valence electrons. The molecule has 38 heavy (non-hydrogen) atoms. The average molecular weight is 514 g/mol. The van der Waals surface area contributed by atoms with Gasteiger partial charge >= 0.3 is 6.03 Å². The van der Waals surface area contributed by atoms with Crippen LogP contribution in [0.1, 0.15) is 30.5 Å². The van der Waals surface area contributed by atoms with Crippen molar-refractivity contribution in [3.05, 3.63) is 94.4 Å². The summed E-state index contributed by atoms with van der Waals surface area (Å²) in [5, 5.41) is 8.55. The van der Waals surface area contributed by atoms with Crippen LogP contribution in [0.4, 0.5) is 16.2 Å². The Hall–Kier alpha value is -4.40. The minimum atomic E-state index is -0.795. The molecule has 1 fully saturated rings. The highest BCUT2D eigenvalue weighted by Gasteiger charge is 2.37. The number of nitrogens with one attached hydrogen (secondary N) is 3. The Kier molecular flexibility index (Phi) is 7.26. The van der Waals surface area contributed by atoms with Gasteiger partial charge < -0.3 is 25.4 Å². The lowest BCUT2D eigenvalue weighted by Crippen LogP contribution is -2.55. The zero-order valence-electron chi connectivity index (χ0n) is 21.2. The van der Waals surface area contributed by atoms with Gasteiger partial charge in [0.25, 0.3) is 5.56 Å². The molecule has 2 aromatic carbocycles. The van der Waals surface area contributed by atoms with Crippen molar-refractivity contribution in [2.75, 3.05) is 23.7 Å². The van der Waals surface area contributed by atoms with Crippen LogP contribution in [0.5, 0.6) is 0 Å². The predicted octanol–water partition coefficient (Wildman–Crippen LogP) is 3.19. The number of hydrogen-bond donors (Lipinski definition) is 3. The molecule has 3 N–H and O–H groups in total. The SMILES string of the molecule is CC(=O)Nc1ccc(NC(=O)C(Cc2ccccc2)NC(=O)N2CC3CC(C2)c2cccc(=O)n2C3)cc1. The van der Waals surface area contributed by atoms with Crippen molar-refractivity contribution in [2.24, 2.45) is 5.92 Å². The molecule has 1 aromatic heterocycles. The third-order valence-electron chi connectivity index (χ3n) is 7.14. The Balaban J connectivity index is 1.30. The molecule has 0 saturated carbocycles. The van der Waals surface area contributed by atoms with E-state index in [1.54, 1.807) is 41.3 Å². The molecule has 3 aromatic rings. The summed E-state index contributed by atoms with van der Waals surface area (Å²) in [5.41, 5.74) is 3.08. The number of aromatic nitrogens is 1. The molecule has 2 aliphatic rings. The minimum Gasteiger partial charge on any atom is -0.326 e. The smallest absolute Gasteiger partial charge is 0.318 e. The van der Waals surface area contributed by atoms with Gasteiger partial charge in [0.1, 0.15) is 6.04 Å². The molecular formula is C29H31N5O4. The lowest BCUT2D eigenvalue weighted by Gasteiger charge is -2.43. The number of fused-ring (bicyclic) bond motifs is 4. The highest BCUT2D eigenvalue weighted by atomic mass is 16.2. The molecule has 5 rings (SSSR count). The number of nitrogens with zero attached hydrogens (tertiary/aromatic N) is 2. The number of likely N-dealkylation sites (tertiary alicyclic amines) is 1. The van der Waals surface area contributed by atoms with Crippen LogP contribution < -0.4 is 21.5 Å². The molecule has 3 atom stereocenters. The first kappa shape index (κ1) is 25.3. The van der Waals surface area contributed by atoms with Gasteiger partial charge in [-0.1, -0.05) is 36.4 Å². The third-order valence-corrected chi connectivity index (χ3v) is 7.14. The maximum atomic E-state index is 13.4. The second-order valence-electron chi connectivity index (χ2n) is 10.0. The lowest BCUT2D eigenvalue weighted by atomic mass is 9.83. The fourth-order valence-electron chi connectivity index (χ4n) is 5.43. The summed E-state index contributed by atoms with van der Waals surface area (Å²) in [6, 6.07) is 20.6. The predicted molar refractivity (Wildman–Crippen MR) is 145 cm³/mol. The highest BCUT2D eigenvalue weighted by molar-refractivity contribution is 5.97. The molecule has 0 spiro atoms. The number of benzene rings is 2. The lowest BCUT2D eigenvalue weighted by molar-refractivity contribution is -0.118. The molecule has 9 nitrogen and oxygen atoms in total. The van der Waals surface area contributed by atoms with E-state index in [4.69, 9.17) is 0 Å². The van der Waals surface area contributed by atoms with Crippen LogP contribution in [-0.2, 0) is 22.6 Å². The van der Waals surface area contributed by atoms with Gasteiger partial charge in [-0.3, -0.25) is 14.4 Å². The zero-order chi connectivity index (χ0) is 26.6. The van der Waals surface area contributed by atoms with Crippen molar-refractivity contribution in [2.45, 2.75) is 38.3 Å². The largest absolute Gasteiger partial charge is 0.326 e. The molecular weight excluding hydrogens is 482 g/mol. The topological polar surface area (TPSA) is 113 Å². The van der Waals surface area contributed by atoms with Gasteiger partial charge in [-0.25, -0.2) is 4.79 Å². The van der Waals surface area contributed by atoms with Crippen LogP contribution in [0, 0.1) is 5.92 Å². The van der Waals surface area contributed by atoms with Crippen LogP contribution in [0.15, 0.2) is 77.6 Å². The van der Waals surface area contributed by atoms with Gasteiger partial charge in [-0.05, 0) is 48.2 Å². The van der Waals surface area contributed by atoms with Gasteiger partial charge in [0.2, 0.25) is 11.8 Å². The quantitative estimate of drug-likeness (QED) is 0.470. The van der Waals surface area contributed by atoms with Crippen molar-refractivity contribution >= 4 is 29.2 Å². The summed E-state index contributed by atoms with van der Waals surface area (Å²) in [4.78, 5) is 52.2. The molecule has 9 heteroatoms. The van der Waals surface area contributed by atoms with Crippen molar-refractivity contribution in [1.82, 2.24) is 14.8 Å². The van der Waals surface area contributed by atoms with Gasteiger partial charge in [-0.15, -0.1) is 0 Å². The number of carbonyl (C=O) groups excluding carboxylic acids is 3. The van der Waals surface area contributed by atoms with Crippen molar-refractivity contribution in [1.29, 1.82) is 0 Å². The number of hydrogen-bond acceptors (Lipinski definition) is 4. The summed E-state index contributed by atoms with van der Waals surface area (Å²) in [6.45, 7) is 3.06. The maximum Gasteiger partial charge on any atom is 0.318 e. The van der Waals surface area contributed by atoms with Crippen molar-refractivity contribution in [3.8, 4) is 0 Å². The van der Waals surface area contributed by atoms with Crippen LogP contribution in [0.3, 0.4) is 0 Å². The van der Waals surface area contributed by atoms with E-state index >= 15 is 0 Å². The zero-order valence-corrected chi connectivity index (χ0v) is 21.2. The molecule has 0 radical (unpaired) electrons. The van der Waals surface area contributed by atoms with Crippen molar-refractivity contribution in [3.63, 3.8) is 0 Å². The molecule has 1 saturated heterocycles. The monoisotopic (exact) mass is 513 g/mol. The molecule has 0 aliphatic carbocycles. The Morgan fingerprint density at radius 2 is 1.58 bits per heavy atom. The van der Waals surface area contributed by atoms with E-state index < -0.39 is 6.04 Å². The summed E-state index contributed by atoms with van der Waals surface area (Å²) in [5.74, 6) is -0.227. The summed E-state index contributed by atoms with van der Waals surface area (Å²) in [6.07, 6.45) is 1.27. The van der Waals surface area contributed by atoms with E-state index in [0.717, 1.165) is 17.7 Å². The summed E-state index contributed by atoms with van der Waals surface area (Å²) >= 11 is 0. The first-order chi connectivity index (χ1) is 18.4. The van der Waals surface area contributed by atoms with E-state index in [2.05, 4.69) is 16.0 Å². The number of carbonyl (C=O) groups is 3. The first-order valence-electron chi connectivity index (χ1n) is 12.8.